The first-order chi connectivity index (χ1) is 6.01. The van der Waals surface area contributed by atoms with E-state index in [1.54, 1.807) is 0 Å². The van der Waals surface area contributed by atoms with Gasteiger partial charge in [-0.2, -0.15) is 0 Å². The van der Waals surface area contributed by atoms with Gasteiger partial charge in [-0.15, -0.1) is 0 Å². The minimum absolute atomic E-state index is 0.149. The average molecular weight is 205 g/mol. The molecule has 0 amide bonds. The standard InChI is InChI=1S/C9H19NO2S/c1-10-9(7-13(2,11)12)6-5-8-3-4-8/h8-10H,3-7H2,1-2H3. The predicted octanol–water partition coefficient (Wildman–Crippen LogP) is 0.809. The Morgan fingerprint density at radius 2 is 2.08 bits per heavy atom. The van der Waals surface area contributed by atoms with Crippen molar-refractivity contribution < 1.29 is 8.42 Å². The molecule has 1 rings (SSSR count). The first kappa shape index (κ1) is 11.0. The lowest BCUT2D eigenvalue weighted by Crippen LogP contribution is -2.32. The first-order valence-electron chi connectivity index (χ1n) is 4.86. The maximum atomic E-state index is 11.0. The Bertz CT molecular complexity index is 244. The Balaban J connectivity index is 2.24. The zero-order valence-electron chi connectivity index (χ0n) is 8.41. The SMILES string of the molecule is CNC(CCC1CC1)CS(C)(=O)=O. The van der Waals surface area contributed by atoms with Crippen LogP contribution in [0.15, 0.2) is 0 Å². The van der Waals surface area contributed by atoms with Crippen molar-refractivity contribution in [3.05, 3.63) is 0 Å². The molecule has 1 atom stereocenters. The van der Waals surface area contributed by atoms with E-state index in [1.807, 2.05) is 7.05 Å². The molecule has 78 valence electrons. The van der Waals surface area contributed by atoms with Crippen LogP contribution in [0.2, 0.25) is 0 Å². The van der Waals surface area contributed by atoms with Crippen molar-refractivity contribution in [2.75, 3.05) is 19.1 Å². The molecular weight excluding hydrogens is 186 g/mol. The molecule has 0 aromatic carbocycles. The maximum Gasteiger partial charge on any atom is 0.148 e. The number of sulfone groups is 1. The molecule has 1 saturated carbocycles. The van der Waals surface area contributed by atoms with E-state index in [9.17, 15) is 8.42 Å². The van der Waals surface area contributed by atoms with Crippen molar-refractivity contribution in [3.8, 4) is 0 Å². The summed E-state index contributed by atoms with van der Waals surface area (Å²) in [6.07, 6.45) is 6.16. The summed E-state index contributed by atoms with van der Waals surface area (Å²) in [6, 6.07) is 0.149. The molecule has 1 fully saturated rings. The summed E-state index contributed by atoms with van der Waals surface area (Å²) in [6.45, 7) is 0. The smallest absolute Gasteiger partial charge is 0.148 e. The van der Waals surface area contributed by atoms with Crippen LogP contribution >= 0.6 is 0 Å². The van der Waals surface area contributed by atoms with Gasteiger partial charge >= 0.3 is 0 Å². The Kier molecular flexibility index (Phi) is 3.74. The fraction of sp³-hybridized carbons (Fsp3) is 1.00. The highest BCUT2D eigenvalue weighted by atomic mass is 32.2. The van der Waals surface area contributed by atoms with Gasteiger partial charge in [0, 0.05) is 12.3 Å². The van der Waals surface area contributed by atoms with Gasteiger partial charge in [-0.05, 0) is 25.8 Å². The van der Waals surface area contributed by atoms with Crippen LogP contribution in [-0.4, -0.2) is 33.5 Å². The summed E-state index contributed by atoms with van der Waals surface area (Å²) in [4.78, 5) is 0. The molecular formula is C9H19NO2S. The molecule has 0 saturated heterocycles. The van der Waals surface area contributed by atoms with Gasteiger partial charge in [0.1, 0.15) is 9.84 Å². The molecule has 0 aromatic rings. The molecule has 1 aliphatic carbocycles. The van der Waals surface area contributed by atoms with Crippen LogP contribution in [0.3, 0.4) is 0 Å². The highest BCUT2D eigenvalue weighted by molar-refractivity contribution is 7.90. The second-order valence-corrected chi connectivity index (χ2v) is 6.28. The molecule has 0 heterocycles. The fourth-order valence-corrected chi connectivity index (χ4v) is 2.58. The van der Waals surface area contributed by atoms with Gasteiger partial charge < -0.3 is 5.32 Å². The Morgan fingerprint density at radius 1 is 1.46 bits per heavy atom. The van der Waals surface area contributed by atoms with Crippen LogP contribution in [0.25, 0.3) is 0 Å². The van der Waals surface area contributed by atoms with Gasteiger partial charge in [-0.3, -0.25) is 0 Å². The van der Waals surface area contributed by atoms with E-state index in [2.05, 4.69) is 5.32 Å². The molecule has 0 spiro atoms. The first-order valence-corrected chi connectivity index (χ1v) is 6.92. The van der Waals surface area contributed by atoms with E-state index in [4.69, 9.17) is 0 Å². The van der Waals surface area contributed by atoms with Crippen molar-refractivity contribution in [2.24, 2.45) is 5.92 Å². The van der Waals surface area contributed by atoms with Crippen LogP contribution < -0.4 is 5.32 Å². The summed E-state index contributed by atoms with van der Waals surface area (Å²) in [5, 5.41) is 3.06. The lowest BCUT2D eigenvalue weighted by molar-refractivity contribution is 0.511. The fourth-order valence-electron chi connectivity index (χ4n) is 1.52. The number of hydrogen-bond acceptors (Lipinski definition) is 3. The van der Waals surface area contributed by atoms with Crippen molar-refractivity contribution in [1.29, 1.82) is 0 Å². The topological polar surface area (TPSA) is 46.2 Å². The maximum absolute atomic E-state index is 11.0. The average Bonchev–Trinajstić information content (AvgIpc) is 2.78. The molecule has 1 N–H and O–H groups in total. The second-order valence-electron chi connectivity index (χ2n) is 4.10. The van der Waals surface area contributed by atoms with Crippen molar-refractivity contribution in [3.63, 3.8) is 0 Å². The van der Waals surface area contributed by atoms with Crippen LogP contribution in [0, 0.1) is 5.92 Å². The van der Waals surface area contributed by atoms with Crippen LogP contribution in [0.1, 0.15) is 25.7 Å². The van der Waals surface area contributed by atoms with Crippen molar-refractivity contribution in [2.45, 2.75) is 31.7 Å². The van der Waals surface area contributed by atoms with E-state index in [0.29, 0.717) is 0 Å². The normalized spacial score (nSPS) is 20.2. The summed E-state index contributed by atoms with van der Waals surface area (Å²) in [5.74, 6) is 1.16. The zero-order chi connectivity index (χ0) is 9.90. The van der Waals surface area contributed by atoms with Gasteiger partial charge in [-0.25, -0.2) is 8.42 Å². The molecule has 0 aromatic heterocycles. The molecule has 3 nitrogen and oxygen atoms in total. The highest BCUT2D eigenvalue weighted by Crippen LogP contribution is 2.33. The van der Waals surface area contributed by atoms with E-state index in [-0.39, 0.29) is 11.8 Å². The quantitative estimate of drug-likeness (QED) is 0.698. The molecule has 0 aliphatic heterocycles. The van der Waals surface area contributed by atoms with E-state index in [1.165, 1.54) is 25.5 Å². The zero-order valence-corrected chi connectivity index (χ0v) is 9.23. The minimum atomic E-state index is -2.83. The third-order valence-electron chi connectivity index (χ3n) is 2.53. The van der Waals surface area contributed by atoms with Gasteiger partial charge in [0.05, 0.1) is 5.75 Å². The lowest BCUT2D eigenvalue weighted by atomic mass is 10.1. The second kappa shape index (κ2) is 4.42. The van der Waals surface area contributed by atoms with Gasteiger partial charge in [0.25, 0.3) is 0 Å². The van der Waals surface area contributed by atoms with Gasteiger partial charge in [0.15, 0.2) is 0 Å². The number of hydrogen-bond donors (Lipinski definition) is 1. The summed E-state index contributed by atoms with van der Waals surface area (Å²) < 4.78 is 22.0. The van der Waals surface area contributed by atoms with Crippen LogP contribution in [0.4, 0.5) is 0 Å². The summed E-state index contributed by atoms with van der Waals surface area (Å²) in [7, 11) is -0.989. The van der Waals surface area contributed by atoms with Crippen molar-refractivity contribution >= 4 is 9.84 Å². The van der Waals surface area contributed by atoms with Gasteiger partial charge in [0.2, 0.25) is 0 Å². The Hall–Kier alpha value is -0.0900. The molecule has 0 bridgehead atoms. The van der Waals surface area contributed by atoms with Crippen LogP contribution in [0.5, 0.6) is 0 Å². The summed E-state index contributed by atoms with van der Waals surface area (Å²) >= 11 is 0. The van der Waals surface area contributed by atoms with Crippen LogP contribution in [-0.2, 0) is 9.84 Å². The Morgan fingerprint density at radius 3 is 2.46 bits per heavy atom. The molecule has 4 heteroatoms. The Labute approximate surface area is 80.8 Å². The third kappa shape index (κ3) is 5.26. The van der Waals surface area contributed by atoms with E-state index in [0.717, 1.165) is 12.3 Å². The summed E-state index contributed by atoms with van der Waals surface area (Å²) in [5.41, 5.74) is 0. The molecule has 0 radical (unpaired) electrons. The van der Waals surface area contributed by atoms with Gasteiger partial charge in [-0.1, -0.05) is 12.8 Å². The molecule has 1 aliphatic rings. The minimum Gasteiger partial charge on any atom is -0.316 e. The van der Waals surface area contributed by atoms with Crippen molar-refractivity contribution in [1.82, 2.24) is 5.32 Å². The lowest BCUT2D eigenvalue weighted by Gasteiger charge is -2.14. The monoisotopic (exact) mass is 205 g/mol. The van der Waals surface area contributed by atoms with E-state index >= 15 is 0 Å². The largest absolute Gasteiger partial charge is 0.316 e. The molecule has 13 heavy (non-hydrogen) atoms. The number of rotatable bonds is 6. The van der Waals surface area contributed by atoms with E-state index < -0.39 is 9.84 Å². The number of nitrogens with one attached hydrogen (secondary N) is 1. The third-order valence-corrected chi connectivity index (χ3v) is 3.54. The highest BCUT2D eigenvalue weighted by Gasteiger charge is 2.23. The predicted molar refractivity (Wildman–Crippen MR) is 54.5 cm³/mol. The molecule has 1 unspecified atom stereocenters.